The first-order valence-corrected chi connectivity index (χ1v) is 6.95. The van der Waals surface area contributed by atoms with E-state index in [1.54, 1.807) is 0 Å². The maximum atomic E-state index is 11.8. The number of nitrogens with two attached hydrogens (primary N) is 2. The van der Waals surface area contributed by atoms with Crippen LogP contribution < -0.4 is 16.4 Å². The summed E-state index contributed by atoms with van der Waals surface area (Å²) in [4.78, 5) is 14.0. The minimum atomic E-state index is -0.883. The summed E-state index contributed by atoms with van der Waals surface area (Å²) in [7, 11) is 0. The molecule has 0 radical (unpaired) electrons. The lowest BCUT2D eigenvalue weighted by molar-refractivity contribution is -0.123. The van der Waals surface area contributed by atoms with Crippen molar-refractivity contribution in [3.05, 3.63) is 29.8 Å². The van der Waals surface area contributed by atoms with E-state index in [1.165, 1.54) is 11.3 Å². The zero-order chi connectivity index (χ0) is 13.6. The first-order valence-electron chi connectivity index (χ1n) is 6.95. The van der Waals surface area contributed by atoms with Crippen molar-refractivity contribution in [1.29, 1.82) is 0 Å². The van der Waals surface area contributed by atoms with Gasteiger partial charge >= 0.3 is 0 Å². The van der Waals surface area contributed by atoms with Crippen LogP contribution in [0.5, 0.6) is 0 Å². The van der Waals surface area contributed by atoms with E-state index in [0.29, 0.717) is 12.6 Å². The monoisotopic (exact) mass is 259 g/mol. The summed E-state index contributed by atoms with van der Waals surface area (Å²) in [6.07, 6.45) is 3.04. The van der Waals surface area contributed by atoms with Crippen molar-refractivity contribution in [3.8, 4) is 0 Å². The van der Waals surface area contributed by atoms with Crippen molar-refractivity contribution in [1.82, 2.24) is 0 Å². The number of nitrogens with zero attached hydrogens (tertiary/aromatic N) is 1. The molecule has 4 N–H and O–H groups in total. The maximum absolute atomic E-state index is 11.8. The summed E-state index contributed by atoms with van der Waals surface area (Å²) in [6, 6.07) is 8.71. The SMILES string of the molecule is CC1Cc2ccccc2N1CC(N)(C(N)=O)C1CC1. The maximum Gasteiger partial charge on any atom is 0.239 e. The molecule has 1 fully saturated rings. The molecule has 2 unspecified atom stereocenters. The van der Waals surface area contributed by atoms with Gasteiger partial charge in [-0.15, -0.1) is 0 Å². The predicted molar refractivity (Wildman–Crippen MR) is 75.8 cm³/mol. The van der Waals surface area contributed by atoms with E-state index in [-0.39, 0.29) is 11.8 Å². The Morgan fingerprint density at radius 1 is 1.42 bits per heavy atom. The highest BCUT2D eigenvalue weighted by Gasteiger charge is 2.49. The number of benzene rings is 1. The Balaban J connectivity index is 1.88. The number of carbonyl (C=O) groups excluding carboxylic acids is 1. The van der Waals surface area contributed by atoms with E-state index in [9.17, 15) is 4.79 Å². The number of hydrogen-bond donors (Lipinski definition) is 2. The van der Waals surface area contributed by atoms with Gasteiger partial charge in [-0.25, -0.2) is 0 Å². The number of anilines is 1. The number of primary amides is 1. The average Bonchev–Trinajstić information content (AvgIpc) is 3.17. The highest BCUT2D eigenvalue weighted by molar-refractivity contribution is 5.86. The van der Waals surface area contributed by atoms with Gasteiger partial charge in [0.1, 0.15) is 5.54 Å². The minimum Gasteiger partial charge on any atom is -0.368 e. The Kier molecular flexibility index (Phi) is 2.78. The zero-order valence-corrected chi connectivity index (χ0v) is 11.3. The fourth-order valence-corrected chi connectivity index (χ4v) is 3.16. The largest absolute Gasteiger partial charge is 0.368 e. The summed E-state index contributed by atoms with van der Waals surface area (Å²) in [6.45, 7) is 2.71. The van der Waals surface area contributed by atoms with Gasteiger partial charge in [0.25, 0.3) is 0 Å². The Morgan fingerprint density at radius 2 is 2.11 bits per heavy atom. The number of carbonyl (C=O) groups is 1. The minimum absolute atomic E-state index is 0.255. The lowest BCUT2D eigenvalue weighted by Crippen LogP contribution is -2.61. The molecule has 1 heterocycles. The van der Waals surface area contributed by atoms with E-state index in [1.807, 2.05) is 6.07 Å². The molecule has 0 saturated heterocycles. The van der Waals surface area contributed by atoms with Gasteiger partial charge in [0, 0.05) is 18.3 Å². The molecule has 1 amide bonds. The van der Waals surface area contributed by atoms with Crippen LogP contribution in [0.2, 0.25) is 0 Å². The lowest BCUT2D eigenvalue weighted by atomic mass is 9.92. The number of amides is 1. The molecular weight excluding hydrogens is 238 g/mol. The smallest absolute Gasteiger partial charge is 0.239 e. The summed E-state index contributed by atoms with van der Waals surface area (Å²) in [5.41, 5.74) is 13.5. The van der Waals surface area contributed by atoms with Crippen LogP contribution in [-0.2, 0) is 11.2 Å². The van der Waals surface area contributed by atoms with E-state index in [0.717, 1.165) is 19.3 Å². The van der Waals surface area contributed by atoms with Crippen LogP contribution in [0.4, 0.5) is 5.69 Å². The molecule has 0 bridgehead atoms. The molecule has 19 heavy (non-hydrogen) atoms. The second kappa shape index (κ2) is 4.23. The van der Waals surface area contributed by atoms with Crippen molar-refractivity contribution in [3.63, 3.8) is 0 Å². The van der Waals surface area contributed by atoms with Crippen LogP contribution in [0.15, 0.2) is 24.3 Å². The molecule has 1 aromatic rings. The Bertz CT molecular complexity index is 512. The molecule has 2 atom stereocenters. The predicted octanol–water partition coefficient (Wildman–Crippen LogP) is 1.03. The van der Waals surface area contributed by atoms with Gasteiger partial charge in [-0.05, 0) is 43.7 Å². The Morgan fingerprint density at radius 3 is 2.74 bits per heavy atom. The summed E-state index contributed by atoms with van der Waals surface area (Å²) < 4.78 is 0. The standard InChI is InChI=1S/C15H21N3O/c1-10-8-11-4-2-3-5-13(11)18(10)9-15(17,14(16)19)12-6-7-12/h2-5,10,12H,6-9,17H2,1H3,(H2,16,19). The molecule has 2 aliphatic rings. The Labute approximate surface area is 113 Å². The molecule has 0 aromatic heterocycles. The van der Waals surface area contributed by atoms with Crippen molar-refractivity contribution in [2.24, 2.45) is 17.4 Å². The van der Waals surface area contributed by atoms with E-state index < -0.39 is 5.54 Å². The van der Waals surface area contributed by atoms with Gasteiger partial charge < -0.3 is 16.4 Å². The average molecular weight is 259 g/mol. The molecule has 4 nitrogen and oxygen atoms in total. The fraction of sp³-hybridized carbons (Fsp3) is 0.533. The van der Waals surface area contributed by atoms with Crippen LogP contribution in [-0.4, -0.2) is 24.0 Å². The zero-order valence-electron chi connectivity index (χ0n) is 11.3. The van der Waals surface area contributed by atoms with Crippen LogP contribution in [0.3, 0.4) is 0 Å². The van der Waals surface area contributed by atoms with E-state index in [2.05, 4.69) is 30.0 Å². The topological polar surface area (TPSA) is 72.3 Å². The third kappa shape index (κ3) is 2.00. The van der Waals surface area contributed by atoms with Gasteiger partial charge in [-0.3, -0.25) is 4.79 Å². The lowest BCUT2D eigenvalue weighted by Gasteiger charge is -2.35. The molecule has 102 valence electrons. The van der Waals surface area contributed by atoms with Crippen molar-refractivity contribution >= 4 is 11.6 Å². The fourth-order valence-electron chi connectivity index (χ4n) is 3.16. The Hall–Kier alpha value is -1.55. The van der Waals surface area contributed by atoms with Crippen molar-refractivity contribution < 1.29 is 4.79 Å². The van der Waals surface area contributed by atoms with Crippen LogP contribution in [0.25, 0.3) is 0 Å². The number of rotatable bonds is 4. The number of fused-ring (bicyclic) bond motifs is 1. The van der Waals surface area contributed by atoms with Crippen LogP contribution in [0.1, 0.15) is 25.3 Å². The van der Waals surface area contributed by atoms with Gasteiger partial charge in [0.05, 0.1) is 0 Å². The second-order valence-electron chi connectivity index (χ2n) is 5.99. The van der Waals surface area contributed by atoms with Gasteiger partial charge in [-0.2, -0.15) is 0 Å². The molecule has 4 heteroatoms. The van der Waals surface area contributed by atoms with E-state index in [4.69, 9.17) is 11.5 Å². The summed E-state index contributed by atoms with van der Waals surface area (Å²) >= 11 is 0. The van der Waals surface area contributed by atoms with Crippen molar-refractivity contribution in [2.45, 2.75) is 37.8 Å². The number of para-hydroxylation sites is 1. The van der Waals surface area contributed by atoms with Crippen LogP contribution >= 0.6 is 0 Å². The van der Waals surface area contributed by atoms with E-state index >= 15 is 0 Å². The highest BCUT2D eigenvalue weighted by Crippen LogP contribution is 2.41. The van der Waals surface area contributed by atoms with Crippen LogP contribution in [0, 0.1) is 5.92 Å². The second-order valence-corrected chi connectivity index (χ2v) is 5.99. The van der Waals surface area contributed by atoms with Gasteiger partial charge in [0.15, 0.2) is 0 Å². The molecule has 1 saturated carbocycles. The van der Waals surface area contributed by atoms with Gasteiger partial charge in [-0.1, -0.05) is 18.2 Å². The molecule has 1 aliphatic heterocycles. The normalized spacial score (nSPS) is 24.9. The molecule has 0 spiro atoms. The summed E-state index contributed by atoms with van der Waals surface area (Å²) in [5.74, 6) is -0.114. The highest BCUT2D eigenvalue weighted by atomic mass is 16.1. The molecular formula is C15H21N3O. The first-order chi connectivity index (χ1) is 9.02. The molecule has 1 aliphatic carbocycles. The molecule has 3 rings (SSSR count). The third-order valence-corrected chi connectivity index (χ3v) is 4.55. The van der Waals surface area contributed by atoms with Gasteiger partial charge in [0.2, 0.25) is 5.91 Å². The first kappa shape index (κ1) is 12.5. The number of hydrogen-bond acceptors (Lipinski definition) is 3. The molecule has 1 aromatic carbocycles. The summed E-state index contributed by atoms with van der Waals surface area (Å²) in [5, 5.41) is 0. The quantitative estimate of drug-likeness (QED) is 0.848. The van der Waals surface area contributed by atoms with Crippen molar-refractivity contribution in [2.75, 3.05) is 11.4 Å². The third-order valence-electron chi connectivity index (χ3n) is 4.55.